The van der Waals surface area contributed by atoms with Gasteiger partial charge in [-0.25, -0.2) is 9.07 Å². The number of hydrogen-bond acceptors (Lipinski definition) is 2. The molecule has 0 unspecified atom stereocenters. The van der Waals surface area contributed by atoms with Gasteiger partial charge in [-0.2, -0.15) is 5.10 Å². The van der Waals surface area contributed by atoms with Crippen LogP contribution in [0.2, 0.25) is 0 Å². The van der Waals surface area contributed by atoms with Crippen molar-refractivity contribution in [3.05, 3.63) is 97.1 Å². The average Bonchev–Trinajstić information content (AvgIpc) is 3.37. The van der Waals surface area contributed by atoms with Crippen LogP contribution in [0, 0.1) is 5.82 Å². The molecular formula is C24H16FN3O. The van der Waals surface area contributed by atoms with Crippen LogP contribution in [-0.2, 0) is 4.79 Å². The van der Waals surface area contributed by atoms with Gasteiger partial charge in [-0.15, -0.1) is 0 Å². The van der Waals surface area contributed by atoms with Crippen molar-refractivity contribution < 1.29 is 9.18 Å². The summed E-state index contributed by atoms with van der Waals surface area (Å²) in [5.41, 5.74) is 5.74. The smallest absolute Gasteiger partial charge is 0.255 e. The summed E-state index contributed by atoms with van der Waals surface area (Å²) < 4.78 is 16.4. The summed E-state index contributed by atoms with van der Waals surface area (Å²) >= 11 is 0. The van der Waals surface area contributed by atoms with Crippen LogP contribution in [0.3, 0.4) is 0 Å². The first-order chi connectivity index (χ1) is 14.1. The van der Waals surface area contributed by atoms with E-state index in [-0.39, 0.29) is 11.7 Å². The van der Waals surface area contributed by atoms with E-state index in [2.05, 4.69) is 17.0 Å². The van der Waals surface area contributed by atoms with E-state index in [9.17, 15) is 9.18 Å². The van der Waals surface area contributed by atoms with E-state index < -0.39 is 0 Å². The third kappa shape index (κ3) is 2.93. The molecule has 5 rings (SSSR count). The SMILES string of the molecule is C=C1C(=O)Nc2cc(F)c(-c3ccc(-c4ccc(-n5cccn5)cc4)cc3)cc21. The first kappa shape index (κ1) is 17.1. The molecule has 5 heteroatoms. The summed E-state index contributed by atoms with van der Waals surface area (Å²) in [5, 5.41) is 6.85. The molecule has 1 aliphatic rings. The second-order valence-corrected chi connectivity index (χ2v) is 6.89. The molecular weight excluding hydrogens is 365 g/mol. The van der Waals surface area contributed by atoms with E-state index in [0.29, 0.717) is 22.4 Å². The van der Waals surface area contributed by atoms with E-state index in [4.69, 9.17) is 0 Å². The van der Waals surface area contributed by atoms with E-state index >= 15 is 0 Å². The lowest BCUT2D eigenvalue weighted by atomic mass is 9.97. The summed E-state index contributed by atoms with van der Waals surface area (Å²) in [7, 11) is 0. The fraction of sp³-hybridized carbons (Fsp3) is 0. The van der Waals surface area contributed by atoms with Gasteiger partial charge in [-0.05, 0) is 47.0 Å². The highest BCUT2D eigenvalue weighted by Crippen LogP contribution is 2.36. The van der Waals surface area contributed by atoms with Crippen LogP contribution in [0.1, 0.15) is 5.56 Å². The molecule has 0 saturated heterocycles. The highest BCUT2D eigenvalue weighted by molar-refractivity contribution is 6.31. The Bertz CT molecular complexity index is 1240. The Morgan fingerprint density at radius 3 is 2.21 bits per heavy atom. The van der Waals surface area contributed by atoms with Gasteiger partial charge in [-0.3, -0.25) is 4.79 Å². The first-order valence-corrected chi connectivity index (χ1v) is 9.15. The number of carbonyl (C=O) groups is 1. The Morgan fingerprint density at radius 1 is 0.897 bits per heavy atom. The molecule has 140 valence electrons. The predicted octanol–water partition coefficient (Wildman–Crippen LogP) is 5.31. The average molecular weight is 381 g/mol. The topological polar surface area (TPSA) is 46.9 Å². The summed E-state index contributed by atoms with van der Waals surface area (Å²) in [6.07, 6.45) is 3.64. The van der Waals surface area contributed by atoms with Gasteiger partial charge in [0.25, 0.3) is 5.91 Å². The Kier molecular flexibility index (Phi) is 3.88. The van der Waals surface area contributed by atoms with Crippen LogP contribution in [-0.4, -0.2) is 15.7 Å². The van der Waals surface area contributed by atoms with E-state index in [1.54, 1.807) is 16.9 Å². The number of anilines is 1. The van der Waals surface area contributed by atoms with Crippen LogP contribution in [0.5, 0.6) is 0 Å². The van der Waals surface area contributed by atoms with Crippen molar-refractivity contribution in [2.75, 3.05) is 5.32 Å². The molecule has 1 aliphatic heterocycles. The molecule has 1 N–H and O–H groups in total. The lowest BCUT2D eigenvalue weighted by Crippen LogP contribution is -2.02. The predicted molar refractivity (Wildman–Crippen MR) is 112 cm³/mol. The number of nitrogens with one attached hydrogen (secondary N) is 1. The molecule has 0 radical (unpaired) electrons. The van der Waals surface area contributed by atoms with Crippen molar-refractivity contribution in [3.63, 3.8) is 0 Å². The number of fused-ring (bicyclic) bond motifs is 1. The van der Waals surface area contributed by atoms with Gasteiger partial charge in [0.05, 0.1) is 11.4 Å². The molecule has 0 fully saturated rings. The zero-order chi connectivity index (χ0) is 20.0. The normalized spacial score (nSPS) is 12.7. The van der Waals surface area contributed by atoms with Crippen molar-refractivity contribution in [3.8, 4) is 27.9 Å². The van der Waals surface area contributed by atoms with Crippen molar-refractivity contribution in [2.45, 2.75) is 0 Å². The Morgan fingerprint density at radius 2 is 1.55 bits per heavy atom. The fourth-order valence-electron chi connectivity index (χ4n) is 3.54. The summed E-state index contributed by atoms with van der Waals surface area (Å²) in [5.74, 6) is -0.666. The second-order valence-electron chi connectivity index (χ2n) is 6.89. The number of rotatable bonds is 3. The molecule has 0 bridgehead atoms. The monoisotopic (exact) mass is 381 g/mol. The Labute approximate surface area is 166 Å². The zero-order valence-electron chi connectivity index (χ0n) is 15.4. The van der Waals surface area contributed by atoms with E-state index in [0.717, 1.165) is 22.4 Å². The number of nitrogens with zero attached hydrogens (tertiary/aromatic N) is 2. The van der Waals surface area contributed by atoms with Crippen molar-refractivity contribution in [1.29, 1.82) is 0 Å². The molecule has 2 heterocycles. The lowest BCUT2D eigenvalue weighted by Gasteiger charge is -2.09. The summed E-state index contributed by atoms with van der Waals surface area (Å²) in [4.78, 5) is 11.8. The first-order valence-electron chi connectivity index (χ1n) is 9.15. The van der Waals surface area contributed by atoms with Gasteiger partial charge < -0.3 is 5.32 Å². The highest BCUT2D eigenvalue weighted by Gasteiger charge is 2.24. The minimum absolute atomic E-state index is 0.287. The standard InChI is InChI=1S/C24H16FN3O/c1-15-20-13-21(22(25)14-23(20)27-24(15)29)18-5-3-16(4-6-18)17-7-9-19(10-8-17)28-12-2-11-26-28/h2-14H,1H2,(H,27,29). The molecule has 4 nitrogen and oxygen atoms in total. The third-order valence-corrected chi connectivity index (χ3v) is 5.12. The van der Waals surface area contributed by atoms with Gasteiger partial charge in [0.2, 0.25) is 0 Å². The van der Waals surface area contributed by atoms with Crippen LogP contribution >= 0.6 is 0 Å². The lowest BCUT2D eigenvalue weighted by molar-refractivity contribution is -0.110. The molecule has 0 aliphatic carbocycles. The highest BCUT2D eigenvalue weighted by atomic mass is 19.1. The maximum atomic E-state index is 14.6. The Hall–Kier alpha value is -3.99. The quantitative estimate of drug-likeness (QED) is 0.489. The molecule has 4 aromatic rings. The number of carbonyl (C=O) groups excluding carboxylic acids is 1. The summed E-state index contributed by atoms with van der Waals surface area (Å²) in [6.45, 7) is 3.78. The van der Waals surface area contributed by atoms with Gasteiger partial charge in [0.1, 0.15) is 5.82 Å². The second kappa shape index (κ2) is 6.56. The maximum absolute atomic E-state index is 14.6. The zero-order valence-corrected chi connectivity index (χ0v) is 15.4. The minimum Gasteiger partial charge on any atom is -0.321 e. The third-order valence-electron chi connectivity index (χ3n) is 5.12. The van der Waals surface area contributed by atoms with Crippen molar-refractivity contribution in [1.82, 2.24) is 9.78 Å². The number of amides is 1. The molecule has 3 aromatic carbocycles. The molecule has 0 saturated carbocycles. The van der Waals surface area contributed by atoms with Crippen LogP contribution < -0.4 is 5.32 Å². The van der Waals surface area contributed by atoms with Gasteiger partial charge >= 0.3 is 0 Å². The van der Waals surface area contributed by atoms with Gasteiger partial charge in [0.15, 0.2) is 0 Å². The maximum Gasteiger partial charge on any atom is 0.255 e. The van der Waals surface area contributed by atoms with E-state index in [1.165, 1.54) is 6.07 Å². The van der Waals surface area contributed by atoms with Crippen LogP contribution in [0.25, 0.3) is 33.5 Å². The molecule has 0 spiro atoms. The minimum atomic E-state index is -0.380. The van der Waals surface area contributed by atoms with Gasteiger partial charge in [0, 0.05) is 29.1 Å². The number of benzene rings is 3. The van der Waals surface area contributed by atoms with E-state index in [1.807, 2.05) is 60.8 Å². The number of halogens is 1. The van der Waals surface area contributed by atoms with Gasteiger partial charge in [-0.1, -0.05) is 43.0 Å². The largest absolute Gasteiger partial charge is 0.321 e. The molecule has 1 amide bonds. The fourth-order valence-corrected chi connectivity index (χ4v) is 3.54. The van der Waals surface area contributed by atoms with Crippen LogP contribution in [0.4, 0.5) is 10.1 Å². The van der Waals surface area contributed by atoms with Crippen LogP contribution in [0.15, 0.2) is 85.7 Å². The van der Waals surface area contributed by atoms with Crippen molar-refractivity contribution in [2.24, 2.45) is 0 Å². The number of aromatic nitrogens is 2. The Balaban J connectivity index is 1.45. The molecule has 0 atom stereocenters. The van der Waals surface area contributed by atoms with Crippen molar-refractivity contribution >= 4 is 17.2 Å². The number of hydrogen-bond donors (Lipinski definition) is 1. The summed E-state index contributed by atoms with van der Waals surface area (Å²) in [6, 6.07) is 20.7. The molecule has 29 heavy (non-hydrogen) atoms. The molecule has 1 aromatic heterocycles.